The molecular formula is C29H24ClN3O4S. The van der Waals surface area contributed by atoms with Gasteiger partial charge in [-0.1, -0.05) is 48.0 Å². The van der Waals surface area contributed by atoms with Gasteiger partial charge in [0.05, 0.1) is 12.8 Å². The number of carbonyl (C=O) groups excluding carboxylic acids is 1. The van der Waals surface area contributed by atoms with Crippen molar-refractivity contribution in [1.29, 1.82) is 5.26 Å². The molecular weight excluding hydrogens is 522 g/mol. The molecule has 192 valence electrons. The number of aryl methyl sites for hydroxylation is 1. The summed E-state index contributed by atoms with van der Waals surface area (Å²) in [6.45, 7) is 2.53. The highest BCUT2D eigenvalue weighted by atomic mass is 35.5. The summed E-state index contributed by atoms with van der Waals surface area (Å²) in [6.07, 6.45) is 1.49. The summed E-state index contributed by atoms with van der Waals surface area (Å²) in [5.41, 5.74) is 3.18. The fraction of sp³-hybridized carbons (Fsp3) is 0.138. The lowest BCUT2D eigenvalue weighted by molar-refractivity contribution is -0.112. The van der Waals surface area contributed by atoms with Gasteiger partial charge in [0.15, 0.2) is 16.6 Å². The summed E-state index contributed by atoms with van der Waals surface area (Å²) in [7, 11) is 1.52. The van der Waals surface area contributed by atoms with Crippen LogP contribution in [0.5, 0.6) is 17.2 Å². The normalized spacial score (nSPS) is 10.9. The number of benzene rings is 3. The molecule has 1 amide bonds. The second-order valence-corrected chi connectivity index (χ2v) is 9.31. The molecule has 0 bridgehead atoms. The maximum Gasteiger partial charge on any atom is 0.268 e. The summed E-state index contributed by atoms with van der Waals surface area (Å²) in [4.78, 5) is 17.2. The molecule has 0 saturated carbocycles. The van der Waals surface area contributed by atoms with Crippen molar-refractivity contribution in [2.45, 2.75) is 6.92 Å². The van der Waals surface area contributed by atoms with Crippen LogP contribution >= 0.6 is 22.9 Å². The van der Waals surface area contributed by atoms with E-state index >= 15 is 0 Å². The van der Waals surface area contributed by atoms with Crippen LogP contribution in [0.1, 0.15) is 11.1 Å². The smallest absolute Gasteiger partial charge is 0.268 e. The lowest BCUT2D eigenvalue weighted by Crippen LogP contribution is -2.13. The lowest BCUT2D eigenvalue weighted by atomic mass is 10.1. The number of halogens is 1. The van der Waals surface area contributed by atoms with Gasteiger partial charge >= 0.3 is 0 Å². The molecule has 0 saturated heterocycles. The van der Waals surface area contributed by atoms with E-state index in [1.54, 1.807) is 30.3 Å². The van der Waals surface area contributed by atoms with Crippen molar-refractivity contribution in [3.63, 3.8) is 0 Å². The van der Waals surface area contributed by atoms with E-state index in [-0.39, 0.29) is 12.2 Å². The van der Waals surface area contributed by atoms with Crippen LogP contribution in [-0.2, 0) is 4.79 Å². The Kier molecular flexibility index (Phi) is 8.98. The number of amides is 1. The Morgan fingerprint density at radius 2 is 1.87 bits per heavy atom. The van der Waals surface area contributed by atoms with Crippen molar-refractivity contribution in [3.8, 4) is 34.6 Å². The Hall–Kier alpha value is -4.32. The zero-order chi connectivity index (χ0) is 26.9. The first-order valence-corrected chi connectivity index (χ1v) is 12.9. The average molecular weight is 546 g/mol. The minimum atomic E-state index is -0.546. The van der Waals surface area contributed by atoms with Crippen molar-refractivity contribution < 1.29 is 19.0 Å². The van der Waals surface area contributed by atoms with Gasteiger partial charge in [0.1, 0.15) is 30.6 Å². The van der Waals surface area contributed by atoms with Gasteiger partial charge in [0, 0.05) is 16.0 Å². The molecule has 0 radical (unpaired) electrons. The number of hydrogen-bond donors (Lipinski definition) is 1. The summed E-state index contributed by atoms with van der Waals surface area (Å²) in [5.74, 6) is 1.14. The van der Waals surface area contributed by atoms with Crippen LogP contribution in [0.15, 0.2) is 77.7 Å². The highest BCUT2D eigenvalue weighted by Crippen LogP contribution is 2.30. The molecule has 0 aliphatic carbocycles. The summed E-state index contributed by atoms with van der Waals surface area (Å²) >= 11 is 7.34. The van der Waals surface area contributed by atoms with Crippen molar-refractivity contribution >= 4 is 40.1 Å². The molecule has 3 aromatic carbocycles. The standard InChI is InChI=1S/C29H24ClN3O4S/c1-19-14-23(9-10-24(19)30)36-12-13-37-26-11-8-20(16-27(26)35-2)15-22(17-31)28(34)33-29-32-25(18-38-29)21-6-4-3-5-7-21/h3-11,14-16,18H,12-13H2,1-2H3,(H,32,33,34). The lowest BCUT2D eigenvalue weighted by Gasteiger charge is -2.12. The Morgan fingerprint density at radius 3 is 2.61 bits per heavy atom. The SMILES string of the molecule is COc1cc(C=C(C#N)C(=O)Nc2nc(-c3ccccc3)cs2)ccc1OCCOc1ccc(Cl)c(C)c1. The fourth-order valence-electron chi connectivity index (χ4n) is 3.46. The number of carbonyl (C=O) groups is 1. The summed E-state index contributed by atoms with van der Waals surface area (Å²) < 4.78 is 17.0. The molecule has 1 N–H and O–H groups in total. The summed E-state index contributed by atoms with van der Waals surface area (Å²) in [5, 5.41) is 15.2. The number of rotatable bonds is 10. The molecule has 4 aromatic rings. The minimum absolute atomic E-state index is 0.0659. The van der Waals surface area contributed by atoms with Gasteiger partial charge in [-0.25, -0.2) is 4.98 Å². The molecule has 1 aromatic heterocycles. The fourth-order valence-corrected chi connectivity index (χ4v) is 4.30. The number of nitriles is 1. The van der Waals surface area contributed by atoms with Crippen LogP contribution in [0.2, 0.25) is 5.02 Å². The molecule has 38 heavy (non-hydrogen) atoms. The van der Waals surface area contributed by atoms with E-state index in [1.807, 2.05) is 54.8 Å². The average Bonchev–Trinajstić information content (AvgIpc) is 3.41. The molecule has 7 nitrogen and oxygen atoms in total. The third kappa shape index (κ3) is 6.91. The van der Waals surface area contributed by atoms with Crippen LogP contribution in [0, 0.1) is 18.3 Å². The molecule has 0 spiro atoms. The quantitative estimate of drug-likeness (QED) is 0.134. The van der Waals surface area contributed by atoms with Crippen molar-refractivity contribution in [1.82, 2.24) is 4.98 Å². The zero-order valence-electron chi connectivity index (χ0n) is 20.7. The first-order valence-electron chi connectivity index (χ1n) is 11.6. The third-order valence-electron chi connectivity index (χ3n) is 5.40. The van der Waals surface area contributed by atoms with E-state index in [2.05, 4.69) is 10.3 Å². The monoisotopic (exact) mass is 545 g/mol. The molecule has 1 heterocycles. The number of hydrogen-bond acceptors (Lipinski definition) is 7. The van der Waals surface area contributed by atoms with Crippen LogP contribution < -0.4 is 19.5 Å². The predicted molar refractivity (Wildman–Crippen MR) is 150 cm³/mol. The Bertz CT molecular complexity index is 1500. The minimum Gasteiger partial charge on any atom is -0.493 e. The topological polar surface area (TPSA) is 93.5 Å². The van der Waals surface area contributed by atoms with Crippen LogP contribution in [0.4, 0.5) is 5.13 Å². The first-order chi connectivity index (χ1) is 18.5. The van der Waals surface area contributed by atoms with E-state index in [4.69, 9.17) is 25.8 Å². The van der Waals surface area contributed by atoms with Crippen molar-refractivity contribution in [2.24, 2.45) is 0 Å². The van der Waals surface area contributed by atoms with E-state index in [0.717, 1.165) is 16.8 Å². The molecule has 4 rings (SSSR count). The maximum atomic E-state index is 12.7. The molecule has 0 atom stereocenters. The Morgan fingerprint density at radius 1 is 1.08 bits per heavy atom. The second-order valence-electron chi connectivity index (χ2n) is 8.05. The maximum absolute atomic E-state index is 12.7. The number of anilines is 1. The van der Waals surface area contributed by atoms with Crippen LogP contribution in [0.3, 0.4) is 0 Å². The van der Waals surface area contributed by atoms with Crippen molar-refractivity contribution in [2.75, 3.05) is 25.6 Å². The Labute approximate surface area is 229 Å². The van der Waals surface area contributed by atoms with Gasteiger partial charge in [-0.05, 0) is 54.5 Å². The van der Waals surface area contributed by atoms with Gasteiger partial charge in [0.25, 0.3) is 5.91 Å². The van der Waals surface area contributed by atoms with E-state index in [0.29, 0.717) is 39.6 Å². The van der Waals surface area contributed by atoms with Gasteiger partial charge in [0.2, 0.25) is 0 Å². The van der Waals surface area contributed by atoms with E-state index in [9.17, 15) is 10.1 Å². The van der Waals surface area contributed by atoms with Crippen LogP contribution in [-0.4, -0.2) is 31.2 Å². The highest BCUT2D eigenvalue weighted by molar-refractivity contribution is 7.14. The Balaban J connectivity index is 1.37. The number of nitrogens with one attached hydrogen (secondary N) is 1. The van der Waals surface area contributed by atoms with Crippen molar-refractivity contribution in [3.05, 3.63) is 93.8 Å². The number of ether oxygens (including phenoxy) is 3. The van der Waals surface area contributed by atoms with Gasteiger partial charge in [-0.2, -0.15) is 5.26 Å². The second kappa shape index (κ2) is 12.8. The summed E-state index contributed by atoms with van der Waals surface area (Å²) in [6, 6.07) is 22.2. The molecule has 0 aliphatic rings. The molecule has 0 unspecified atom stereocenters. The number of methoxy groups -OCH3 is 1. The first kappa shape index (κ1) is 26.7. The predicted octanol–water partition coefficient (Wildman–Crippen LogP) is 6.78. The largest absolute Gasteiger partial charge is 0.493 e. The highest BCUT2D eigenvalue weighted by Gasteiger charge is 2.14. The van der Waals surface area contributed by atoms with Gasteiger partial charge < -0.3 is 14.2 Å². The number of nitrogens with zero attached hydrogens (tertiary/aromatic N) is 2. The number of aromatic nitrogens is 1. The zero-order valence-corrected chi connectivity index (χ0v) is 22.3. The van der Waals surface area contributed by atoms with E-state index in [1.165, 1.54) is 24.5 Å². The molecule has 0 fully saturated rings. The third-order valence-corrected chi connectivity index (χ3v) is 6.58. The molecule has 0 aliphatic heterocycles. The molecule has 9 heteroatoms. The van der Waals surface area contributed by atoms with Crippen LogP contribution in [0.25, 0.3) is 17.3 Å². The van der Waals surface area contributed by atoms with Gasteiger partial charge in [-0.3, -0.25) is 10.1 Å². The number of thiazole rings is 1. The van der Waals surface area contributed by atoms with E-state index < -0.39 is 5.91 Å². The van der Waals surface area contributed by atoms with Gasteiger partial charge in [-0.15, -0.1) is 11.3 Å².